The Morgan fingerprint density at radius 1 is 1.43 bits per heavy atom. The second-order valence-electron chi connectivity index (χ2n) is 5.84. The second kappa shape index (κ2) is 6.03. The van der Waals surface area contributed by atoms with Crippen LogP contribution in [0.1, 0.15) is 18.4 Å². The van der Waals surface area contributed by atoms with Crippen LogP contribution in [-0.2, 0) is 16.0 Å². The summed E-state index contributed by atoms with van der Waals surface area (Å²) in [6.07, 6.45) is 2.64. The first-order valence-corrected chi connectivity index (χ1v) is 7.48. The number of amides is 1. The smallest absolute Gasteiger partial charge is 0.224 e. The Labute approximate surface area is 124 Å². The average molecular weight is 290 g/mol. The van der Waals surface area contributed by atoms with Crippen molar-refractivity contribution in [2.24, 2.45) is 11.7 Å². The van der Waals surface area contributed by atoms with E-state index in [4.69, 9.17) is 15.2 Å². The molecule has 5 heteroatoms. The zero-order chi connectivity index (χ0) is 14.8. The van der Waals surface area contributed by atoms with Gasteiger partial charge in [-0.1, -0.05) is 12.1 Å². The van der Waals surface area contributed by atoms with Crippen LogP contribution in [0.5, 0.6) is 5.75 Å². The van der Waals surface area contributed by atoms with Crippen molar-refractivity contribution in [1.29, 1.82) is 0 Å². The molecule has 0 aromatic heterocycles. The summed E-state index contributed by atoms with van der Waals surface area (Å²) in [6, 6.07) is 7.50. The SMILES string of the molecule is COc1ccc(CC(=O)NC2C(N)C3CCCOC32)cc1. The number of ether oxygens (including phenoxy) is 2. The molecule has 114 valence electrons. The van der Waals surface area contributed by atoms with Gasteiger partial charge in [0.05, 0.1) is 25.7 Å². The first-order valence-electron chi connectivity index (χ1n) is 7.48. The molecule has 0 radical (unpaired) electrons. The highest BCUT2D eigenvalue weighted by molar-refractivity contribution is 5.79. The molecule has 1 aliphatic carbocycles. The summed E-state index contributed by atoms with van der Waals surface area (Å²) in [5, 5.41) is 3.02. The molecule has 4 atom stereocenters. The van der Waals surface area contributed by atoms with Gasteiger partial charge in [-0.3, -0.25) is 4.79 Å². The molecule has 2 fully saturated rings. The minimum absolute atomic E-state index is 0.00626. The van der Waals surface area contributed by atoms with E-state index in [9.17, 15) is 4.79 Å². The summed E-state index contributed by atoms with van der Waals surface area (Å²) in [7, 11) is 1.63. The van der Waals surface area contributed by atoms with E-state index in [0.29, 0.717) is 12.3 Å². The monoisotopic (exact) mass is 290 g/mol. The van der Waals surface area contributed by atoms with Crippen LogP contribution >= 0.6 is 0 Å². The van der Waals surface area contributed by atoms with Gasteiger partial charge in [-0.15, -0.1) is 0 Å². The van der Waals surface area contributed by atoms with Crippen LogP contribution in [0.4, 0.5) is 0 Å². The summed E-state index contributed by atoms with van der Waals surface area (Å²) < 4.78 is 10.8. The van der Waals surface area contributed by atoms with Gasteiger partial charge in [-0.2, -0.15) is 0 Å². The third-order valence-electron chi connectivity index (χ3n) is 4.53. The van der Waals surface area contributed by atoms with E-state index in [-0.39, 0.29) is 24.1 Å². The lowest BCUT2D eigenvalue weighted by molar-refractivity contribution is -0.138. The number of carbonyl (C=O) groups excluding carboxylic acids is 1. The van der Waals surface area contributed by atoms with E-state index < -0.39 is 0 Å². The Kier molecular flexibility index (Phi) is 4.12. The third kappa shape index (κ3) is 2.89. The maximum Gasteiger partial charge on any atom is 0.224 e. The van der Waals surface area contributed by atoms with Crippen LogP contribution in [0.2, 0.25) is 0 Å². The number of rotatable bonds is 4. The van der Waals surface area contributed by atoms with E-state index in [1.807, 2.05) is 24.3 Å². The molecule has 1 saturated heterocycles. The summed E-state index contributed by atoms with van der Waals surface area (Å²) in [6.45, 7) is 0.777. The van der Waals surface area contributed by atoms with Crippen molar-refractivity contribution in [2.75, 3.05) is 13.7 Å². The molecule has 3 rings (SSSR count). The van der Waals surface area contributed by atoms with Crippen molar-refractivity contribution in [3.05, 3.63) is 29.8 Å². The van der Waals surface area contributed by atoms with E-state index in [1.165, 1.54) is 0 Å². The maximum absolute atomic E-state index is 12.1. The lowest BCUT2D eigenvalue weighted by Crippen LogP contribution is -2.72. The van der Waals surface area contributed by atoms with Crippen LogP contribution in [-0.4, -0.2) is 37.8 Å². The molecule has 1 amide bonds. The standard InChI is InChI=1S/C16H22N2O3/c1-20-11-6-4-10(5-7-11)9-13(19)18-15-14(17)12-3-2-8-21-16(12)15/h4-7,12,14-16H,2-3,8-9,17H2,1H3,(H,18,19). The fourth-order valence-electron chi connectivity index (χ4n) is 3.29. The van der Waals surface area contributed by atoms with Crippen LogP contribution in [0, 0.1) is 5.92 Å². The average Bonchev–Trinajstić information content (AvgIpc) is 2.53. The van der Waals surface area contributed by atoms with Gasteiger partial charge in [0.2, 0.25) is 5.91 Å². The Hall–Kier alpha value is -1.59. The molecule has 1 aromatic carbocycles. The topological polar surface area (TPSA) is 73.6 Å². The highest BCUT2D eigenvalue weighted by atomic mass is 16.5. The number of carbonyl (C=O) groups is 1. The van der Waals surface area contributed by atoms with Crippen LogP contribution in [0.3, 0.4) is 0 Å². The second-order valence-corrected chi connectivity index (χ2v) is 5.84. The van der Waals surface area contributed by atoms with Crippen molar-refractivity contribution >= 4 is 5.91 Å². The quantitative estimate of drug-likeness (QED) is 0.862. The summed E-state index contributed by atoms with van der Waals surface area (Å²) in [5.41, 5.74) is 7.11. The number of hydrogen-bond donors (Lipinski definition) is 2. The van der Waals surface area contributed by atoms with Gasteiger partial charge in [-0.05, 0) is 30.5 Å². The predicted octanol–water partition coefficient (Wildman–Crippen LogP) is 0.859. The van der Waals surface area contributed by atoms with Crippen molar-refractivity contribution < 1.29 is 14.3 Å². The van der Waals surface area contributed by atoms with Gasteiger partial charge in [0.1, 0.15) is 5.75 Å². The highest BCUT2D eigenvalue weighted by Gasteiger charge is 2.50. The highest BCUT2D eigenvalue weighted by Crippen LogP contribution is 2.36. The van der Waals surface area contributed by atoms with Gasteiger partial charge >= 0.3 is 0 Å². The van der Waals surface area contributed by atoms with Crippen LogP contribution in [0.15, 0.2) is 24.3 Å². The van der Waals surface area contributed by atoms with Gasteiger partial charge in [0.15, 0.2) is 0 Å². The molecule has 3 N–H and O–H groups in total. The molecule has 1 saturated carbocycles. The number of fused-ring (bicyclic) bond motifs is 1. The fourth-order valence-corrected chi connectivity index (χ4v) is 3.29. The molecule has 0 bridgehead atoms. The number of nitrogens with two attached hydrogens (primary N) is 1. The van der Waals surface area contributed by atoms with Gasteiger partial charge in [0, 0.05) is 18.6 Å². The molecule has 5 nitrogen and oxygen atoms in total. The summed E-state index contributed by atoms with van der Waals surface area (Å²) in [4.78, 5) is 12.1. The Balaban J connectivity index is 1.54. The summed E-state index contributed by atoms with van der Waals surface area (Å²) in [5.74, 6) is 1.19. The molecular weight excluding hydrogens is 268 g/mol. The van der Waals surface area contributed by atoms with E-state index in [1.54, 1.807) is 7.11 Å². The maximum atomic E-state index is 12.1. The number of hydrogen-bond acceptors (Lipinski definition) is 4. The number of benzene rings is 1. The zero-order valence-corrected chi connectivity index (χ0v) is 12.2. The normalized spacial score (nSPS) is 31.0. The zero-order valence-electron chi connectivity index (χ0n) is 12.2. The number of nitrogens with one attached hydrogen (secondary N) is 1. The van der Waals surface area contributed by atoms with Gasteiger partial charge < -0.3 is 20.5 Å². The van der Waals surface area contributed by atoms with Gasteiger partial charge in [-0.25, -0.2) is 0 Å². The minimum Gasteiger partial charge on any atom is -0.497 e. The Morgan fingerprint density at radius 2 is 2.19 bits per heavy atom. The minimum atomic E-state index is -0.0407. The molecule has 1 aromatic rings. The molecule has 4 unspecified atom stereocenters. The first-order chi connectivity index (χ1) is 10.2. The Morgan fingerprint density at radius 3 is 2.90 bits per heavy atom. The molecule has 0 spiro atoms. The molecule has 2 aliphatic rings. The van der Waals surface area contributed by atoms with Crippen molar-refractivity contribution in [3.63, 3.8) is 0 Å². The number of methoxy groups -OCH3 is 1. The van der Waals surface area contributed by atoms with Crippen molar-refractivity contribution in [3.8, 4) is 5.75 Å². The fraction of sp³-hybridized carbons (Fsp3) is 0.562. The Bertz CT molecular complexity index is 503. The van der Waals surface area contributed by atoms with E-state index in [2.05, 4.69) is 5.32 Å². The molecule has 21 heavy (non-hydrogen) atoms. The molecule has 1 heterocycles. The lowest BCUT2D eigenvalue weighted by Gasteiger charge is -2.52. The van der Waals surface area contributed by atoms with Crippen LogP contribution < -0.4 is 15.8 Å². The van der Waals surface area contributed by atoms with Crippen molar-refractivity contribution in [2.45, 2.75) is 37.5 Å². The van der Waals surface area contributed by atoms with Crippen molar-refractivity contribution in [1.82, 2.24) is 5.32 Å². The lowest BCUT2D eigenvalue weighted by atomic mass is 9.68. The molecule has 1 aliphatic heterocycles. The van der Waals surface area contributed by atoms with E-state index >= 15 is 0 Å². The van der Waals surface area contributed by atoms with Crippen LogP contribution in [0.25, 0.3) is 0 Å². The summed E-state index contributed by atoms with van der Waals surface area (Å²) >= 11 is 0. The third-order valence-corrected chi connectivity index (χ3v) is 4.53. The van der Waals surface area contributed by atoms with E-state index in [0.717, 1.165) is 30.8 Å². The molecular formula is C16H22N2O3. The predicted molar refractivity (Wildman–Crippen MR) is 79.1 cm³/mol. The largest absolute Gasteiger partial charge is 0.497 e. The first kappa shape index (κ1) is 14.4. The van der Waals surface area contributed by atoms with Gasteiger partial charge in [0.25, 0.3) is 0 Å².